The predicted molar refractivity (Wildman–Crippen MR) is 149 cm³/mol. The molecule has 38 heavy (non-hydrogen) atoms. The number of carbonyl (C=O) groups excluding carboxylic acids is 2. The number of esters is 2. The van der Waals surface area contributed by atoms with E-state index in [1.165, 1.54) is 36.4 Å². The third-order valence-electron chi connectivity index (χ3n) is 5.47. The molecule has 0 saturated carbocycles. The van der Waals surface area contributed by atoms with Gasteiger partial charge in [0.15, 0.2) is 23.0 Å². The number of thioether (sulfide) groups is 2. The highest BCUT2D eigenvalue weighted by molar-refractivity contribution is 7.98. The Morgan fingerprint density at radius 2 is 1.11 bits per heavy atom. The van der Waals surface area contributed by atoms with Crippen LogP contribution in [0.1, 0.15) is 36.2 Å². The summed E-state index contributed by atoms with van der Waals surface area (Å²) in [6.07, 6.45) is 3.91. The van der Waals surface area contributed by atoms with Crippen LogP contribution >= 0.6 is 23.5 Å². The molecule has 2 aromatic carbocycles. The second-order valence-corrected chi connectivity index (χ2v) is 10.4. The Balaban J connectivity index is 2.12. The van der Waals surface area contributed by atoms with Crippen LogP contribution in [-0.2, 0) is 19.1 Å². The predicted octanol–water partition coefficient (Wildman–Crippen LogP) is 3.06. The van der Waals surface area contributed by atoms with Crippen molar-refractivity contribution in [1.82, 2.24) is 10.6 Å². The minimum atomic E-state index is -1.23. The summed E-state index contributed by atoms with van der Waals surface area (Å²) in [6.45, 7) is 1.64. The van der Waals surface area contributed by atoms with E-state index in [1.807, 2.05) is 12.5 Å². The van der Waals surface area contributed by atoms with Crippen molar-refractivity contribution >= 4 is 35.5 Å². The summed E-state index contributed by atoms with van der Waals surface area (Å²) in [6, 6.07) is 8.05. The second kappa shape index (κ2) is 16.9. The third-order valence-corrected chi connectivity index (χ3v) is 6.87. The number of aromatic hydroxyl groups is 4. The Bertz CT molecular complexity index is 959. The second-order valence-electron chi connectivity index (χ2n) is 8.39. The zero-order valence-electron chi connectivity index (χ0n) is 21.5. The Hall–Kier alpha value is -2.80. The number of rotatable bonds is 16. The van der Waals surface area contributed by atoms with Crippen molar-refractivity contribution in [2.45, 2.75) is 25.0 Å². The largest absolute Gasteiger partial charge is 0.504 e. The topological polar surface area (TPSA) is 158 Å². The van der Waals surface area contributed by atoms with Crippen LogP contribution in [0.4, 0.5) is 0 Å². The monoisotopic (exact) mass is 568 g/mol. The van der Waals surface area contributed by atoms with Gasteiger partial charge in [0.05, 0.1) is 0 Å². The van der Waals surface area contributed by atoms with Crippen LogP contribution in [-0.4, -0.2) is 82.6 Å². The smallest absolute Gasteiger partial charge is 0.418 e. The summed E-state index contributed by atoms with van der Waals surface area (Å²) in [7, 11) is 0. The van der Waals surface area contributed by atoms with Crippen molar-refractivity contribution < 1.29 is 39.5 Å². The standard InChI is InChI=1S/C26H36N2O8S2/c1-37-11-3-9-27-15-23(17-5-7-19(29)21(31)13-17)35-25(33)26(34)36-24(16-28-10-4-12-38-2)18-6-8-20(30)22(32)14-18/h5-8,13-14,23-24,27-32H,3-4,9-12,15-16H2,1-2H3/t23-,24-/m0/s1. The van der Waals surface area contributed by atoms with Gasteiger partial charge >= 0.3 is 11.9 Å². The third kappa shape index (κ3) is 10.5. The van der Waals surface area contributed by atoms with Gasteiger partial charge in [-0.15, -0.1) is 0 Å². The van der Waals surface area contributed by atoms with Crippen LogP contribution < -0.4 is 10.6 Å². The molecule has 0 aromatic heterocycles. The molecule has 0 spiro atoms. The van der Waals surface area contributed by atoms with Crippen molar-refractivity contribution in [1.29, 1.82) is 0 Å². The Morgan fingerprint density at radius 1 is 0.711 bits per heavy atom. The number of carbonyl (C=O) groups is 2. The number of hydrogen-bond acceptors (Lipinski definition) is 12. The maximum Gasteiger partial charge on any atom is 0.418 e. The van der Waals surface area contributed by atoms with Crippen LogP contribution in [0.3, 0.4) is 0 Å². The summed E-state index contributed by atoms with van der Waals surface area (Å²) in [5.74, 6) is -1.98. The molecule has 0 aliphatic heterocycles. The Kier molecular flexibility index (Phi) is 14.0. The molecule has 0 aliphatic rings. The maximum atomic E-state index is 12.8. The lowest BCUT2D eigenvalue weighted by Gasteiger charge is -2.21. The van der Waals surface area contributed by atoms with Crippen molar-refractivity contribution in [2.75, 3.05) is 50.2 Å². The summed E-state index contributed by atoms with van der Waals surface area (Å²) in [4.78, 5) is 25.5. The molecular weight excluding hydrogens is 532 g/mol. The van der Waals surface area contributed by atoms with Gasteiger partial charge in [-0.25, -0.2) is 9.59 Å². The molecule has 0 unspecified atom stereocenters. The molecule has 12 heteroatoms. The van der Waals surface area contributed by atoms with E-state index in [0.717, 1.165) is 24.3 Å². The molecule has 0 fully saturated rings. The molecule has 6 N–H and O–H groups in total. The first-order valence-electron chi connectivity index (χ1n) is 12.1. The molecule has 0 saturated heterocycles. The van der Waals surface area contributed by atoms with E-state index < -0.39 is 24.1 Å². The van der Waals surface area contributed by atoms with E-state index in [1.54, 1.807) is 23.5 Å². The molecule has 210 valence electrons. The number of hydrogen-bond donors (Lipinski definition) is 6. The van der Waals surface area contributed by atoms with Crippen LogP contribution in [0, 0.1) is 0 Å². The molecule has 10 nitrogen and oxygen atoms in total. The fourth-order valence-electron chi connectivity index (χ4n) is 3.44. The van der Waals surface area contributed by atoms with Gasteiger partial charge in [-0.05, 0) is 85.3 Å². The highest BCUT2D eigenvalue weighted by Gasteiger charge is 2.28. The van der Waals surface area contributed by atoms with Gasteiger partial charge in [0, 0.05) is 13.1 Å². The summed E-state index contributed by atoms with van der Waals surface area (Å²) in [5.41, 5.74) is 0.767. The van der Waals surface area contributed by atoms with Gasteiger partial charge in [-0.3, -0.25) is 0 Å². The van der Waals surface area contributed by atoms with Gasteiger partial charge < -0.3 is 40.5 Å². The van der Waals surface area contributed by atoms with E-state index >= 15 is 0 Å². The minimum absolute atomic E-state index is 0.171. The number of nitrogens with one attached hydrogen (secondary N) is 2. The number of ether oxygens (including phenoxy) is 2. The zero-order valence-corrected chi connectivity index (χ0v) is 23.1. The van der Waals surface area contributed by atoms with Crippen molar-refractivity contribution in [3.05, 3.63) is 47.5 Å². The lowest BCUT2D eigenvalue weighted by molar-refractivity contribution is -0.174. The molecule has 0 radical (unpaired) electrons. The molecule has 2 aromatic rings. The molecular formula is C26H36N2O8S2. The minimum Gasteiger partial charge on any atom is -0.504 e. The van der Waals surface area contributed by atoms with Crippen LogP contribution in [0.15, 0.2) is 36.4 Å². The molecule has 0 bridgehead atoms. The molecule has 0 heterocycles. The molecule has 2 atom stereocenters. The Morgan fingerprint density at radius 3 is 1.45 bits per heavy atom. The first-order chi connectivity index (χ1) is 18.3. The first-order valence-corrected chi connectivity index (χ1v) is 14.9. The maximum absolute atomic E-state index is 12.8. The summed E-state index contributed by atoms with van der Waals surface area (Å²) >= 11 is 3.41. The average Bonchev–Trinajstić information content (AvgIpc) is 2.90. The lowest BCUT2D eigenvalue weighted by atomic mass is 10.1. The van der Waals surface area contributed by atoms with E-state index in [4.69, 9.17) is 9.47 Å². The van der Waals surface area contributed by atoms with Gasteiger partial charge in [0.2, 0.25) is 0 Å². The van der Waals surface area contributed by atoms with E-state index in [-0.39, 0.29) is 36.1 Å². The van der Waals surface area contributed by atoms with Crippen molar-refractivity contribution in [3.8, 4) is 23.0 Å². The fraction of sp³-hybridized carbons (Fsp3) is 0.462. The van der Waals surface area contributed by atoms with E-state index in [0.29, 0.717) is 24.2 Å². The van der Waals surface area contributed by atoms with Crippen LogP contribution in [0.2, 0.25) is 0 Å². The zero-order chi connectivity index (χ0) is 27.9. The van der Waals surface area contributed by atoms with Crippen molar-refractivity contribution in [3.63, 3.8) is 0 Å². The van der Waals surface area contributed by atoms with Gasteiger partial charge in [0.1, 0.15) is 12.2 Å². The molecule has 0 aliphatic carbocycles. The highest BCUT2D eigenvalue weighted by atomic mass is 32.2. The molecule has 2 rings (SSSR count). The average molecular weight is 569 g/mol. The normalized spacial score (nSPS) is 12.6. The number of benzene rings is 2. The molecule has 0 amide bonds. The first kappa shape index (κ1) is 31.4. The van der Waals surface area contributed by atoms with E-state index in [2.05, 4.69) is 10.6 Å². The van der Waals surface area contributed by atoms with Gasteiger partial charge in [-0.1, -0.05) is 12.1 Å². The lowest BCUT2D eigenvalue weighted by Crippen LogP contribution is -2.32. The summed E-state index contributed by atoms with van der Waals surface area (Å²) in [5, 5.41) is 45.4. The SMILES string of the molecule is CSCCCNC[C@H](OC(=O)C(=O)O[C@@H](CNCCCSC)c1ccc(O)c(O)c1)c1ccc(O)c(O)c1. The quantitative estimate of drug-likeness (QED) is 0.0762. The van der Waals surface area contributed by atoms with E-state index in [9.17, 15) is 30.0 Å². The fourth-order valence-corrected chi connectivity index (χ4v) is 4.31. The Labute approximate surface area is 231 Å². The van der Waals surface area contributed by atoms with Gasteiger partial charge in [-0.2, -0.15) is 23.5 Å². The number of phenols is 4. The van der Waals surface area contributed by atoms with Gasteiger partial charge in [0.25, 0.3) is 0 Å². The van der Waals surface area contributed by atoms with Crippen LogP contribution in [0.25, 0.3) is 0 Å². The summed E-state index contributed by atoms with van der Waals surface area (Å²) < 4.78 is 10.9. The van der Waals surface area contributed by atoms with Crippen LogP contribution in [0.5, 0.6) is 23.0 Å². The van der Waals surface area contributed by atoms with Crippen molar-refractivity contribution in [2.24, 2.45) is 0 Å². The highest BCUT2D eigenvalue weighted by Crippen LogP contribution is 2.31. The number of phenolic OH excluding ortho intramolecular Hbond substituents is 4.